The summed E-state index contributed by atoms with van der Waals surface area (Å²) >= 11 is 0. The van der Waals surface area contributed by atoms with Gasteiger partial charge in [0.15, 0.2) is 0 Å². The molecular weight excluding hydrogens is 520 g/mol. The van der Waals surface area contributed by atoms with Crippen LogP contribution in [-0.4, -0.2) is 31.7 Å². The van der Waals surface area contributed by atoms with Gasteiger partial charge >= 0.3 is 0 Å². The van der Waals surface area contributed by atoms with Crippen molar-refractivity contribution in [1.29, 1.82) is 0 Å². The maximum atomic E-state index is 2.47. The van der Waals surface area contributed by atoms with E-state index < -0.39 is 0 Å². The molecule has 0 radical (unpaired) electrons. The molecule has 3 N–H and O–H groups in total. The molecule has 0 aliphatic heterocycles. The molecule has 0 rings (SSSR count). The maximum Gasteiger partial charge on any atom is 0.0782 e. The van der Waals surface area contributed by atoms with Crippen LogP contribution >= 0.6 is 12.4 Å². The molecule has 0 aromatic carbocycles. The van der Waals surface area contributed by atoms with E-state index in [1.165, 1.54) is 223 Å². The molecule has 0 saturated heterocycles. The lowest BCUT2D eigenvalue weighted by atomic mass is 10.0. The van der Waals surface area contributed by atoms with Crippen molar-refractivity contribution in [1.82, 2.24) is 6.15 Å². The molecule has 0 saturated carbocycles. The summed E-state index contributed by atoms with van der Waals surface area (Å²) in [6.07, 6.45) is 46.9. The van der Waals surface area contributed by atoms with E-state index in [9.17, 15) is 0 Å². The number of quaternary nitrogens is 1. The Kier molecular flexibility index (Phi) is 42.6. The van der Waals surface area contributed by atoms with E-state index in [-0.39, 0.29) is 18.6 Å². The molecule has 0 spiro atoms. The van der Waals surface area contributed by atoms with Gasteiger partial charge in [-0.25, -0.2) is 0 Å². The van der Waals surface area contributed by atoms with Crippen LogP contribution in [0.15, 0.2) is 0 Å². The van der Waals surface area contributed by atoms with Crippen LogP contribution in [0.4, 0.5) is 0 Å². The van der Waals surface area contributed by atoms with Gasteiger partial charge in [-0.1, -0.05) is 194 Å². The van der Waals surface area contributed by atoms with Crippen molar-refractivity contribution < 1.29 is 4.48 Å². The van der Waals surface area contributed by atoms with Gasteiger partial charge in [-0.05, 0) is 25.7 Å². The zero-order chi connectivity index (χ0) is 28.5. The Labute approximate surface area is 269 Å². The third kappa shape index (κ3) is 40.2. The molecular formula is C38H84ClN2+. The lowest BCUT2D eigenvalue weighted by Crippen LogP contribution is -2.41. The van der Waals surface area contributed by atoms with Gasteiger partial charge in [0.2, 0.25) is 0 Å². The van der Waals surface area contributed by atoms with Crippen LogP contribution in [0.1, 0.15) is 219 Å². The van der Waals surface area contributed by atoms with Gasteiger partial charge in [0.25, 0.3) is 0 Å². The van der Waals surface area contributed by atoms with E-state index in [0.717, 1.165) is 0 Å². The number of rotatable bonds is 34. The predicted molar refractivity (Wildman–Crippen MR) is 193 cm³/mol. The minimum absolute atomic E-state index is 0. The van der Waals surface area contributed by atoms with Crippen LogP contribution in [0.3, 0.4) is 0 Å². The molecule has 0 heterocycles. The van der Waals surface area contributed by atoms with Crippen LogP contribution in [0.25, 0.3) is 0 Å². The first-order valence-electron chi connectivity index (χ1n) is 18.9. The summed E-state index contributed by atoms with van der Waals surface area (Å²) in [4.78, 5) is 0. The van der Waals surface area contributed by atoms with Gasteiger partial charge in [0, 0.05) is 0 Å². The fraction of sp³-hybridized carbons (Fsp3) is 1.00. The van der Waals surface area contributed by atoms with Crippen molar-refractivity contribution in [2.75, 3.05) is 27.2 Å². The van der Waals surface area contributed by atoms with E-state index in [1.807, 2.05) is 0 Å². The fourth-order valence-electron chi connectivity index (χ4n) is 6.29. The fourth-order valence-corrected chi connectivity index (χ4v) is 6.29. The molecule has 0 aromatic rings. The largest absolute Gasteiger partial charge is 0.344 e. The second-order valence-electron chi connectivity index (χ2n) is 14.0. The van der Waals surface area contributed by atoms with E-state index in [4.69, 9.17) is 0 Å². The monoisotopic (exact) mass is 604 g/mol. The summed E-state index contributed by atoms with van der Waals surface area (Å²) in [5, 5.41) is 0. The van der Waals surface area contributed by atoms with Crippen LogP contribution in [0.2, 0.25) is 0 Å². The second kappa shape index (κ2) is 38.2. The lowest BCUT2D eigenvalue weighted by Gasteiger charge is -2.30. The first-order valence-corrected chi connectivity index (χ1v) is 18.9. The number of unbranched alkanes of at least 4 members (excludes halogenated alkanes) is 30. The third-order valence-corrected chi connectivity index (χ3v) is 9.23. The molecule has 252 valence electrons. The number of halogens is 1. The number of hydrogen-bond acceptors (Lipinski definition) is 1. The second-order valence-corrected chi connectivity index (χ2v) is 14.0. The average molecular weight is 605 g/mol. The molecule has 0 aliphatic rings. The Morgan fingerprint density at radius 1 is 0.268 bits per heavy atom. The highest BCUT2D eigenvalue weighted by Gasteiger charge is 2.13. The molecule has 0 aromatic heterocycles. The van der Waals surface area contributed by atoms with Gasteiger partial charge in [-0.2, -0.15) is 0 Å². The van der Waals surface area contributed by atoms with E-state index in [0.29, 0.717) is 0 Å². The SMILES string of the molecule is CCCCCCCCCCCCCCCCCC[N+](C)(C)CCCCCCCCCCCCCCCCCC.Cl.N. The van der Waals surface area contributed by atoms with Crippen molar-refractivity contribution >= 4 is 12.4 Å². The molecule has 0 atom stereocenters. The molecule has 3 heteroatoms. The summed E-state index contributed by atoms with van der Waals surface area (Å²) in [5.74, 6) is 0. The topological polar surface area (TPSA) is 35.0 Å². The summed E-state index contributed by atoms with van der Waals surface area (Å²) < 4.78 is 1.25. The number of nitrogens with zero attached hydrogens (tertiary/aromatic N) is 1. The first kappa shape index (κ1) is 45.6. The van der Waals surface area contributed by atoms with Gasteiger partial charge in [-0.15, -0.1) is 12.4 Å². The highest BCUT2D eigenvalue weighted by atomic mass is 35.5. The Hall–Kier alpha value is 0.210. The quantitative estimate of drug-likeness (QED) is 0.0576. The Morgan fingerprint density at radius 3 is 0.585 bits per heavy atom. The van der Waals surface area contributed by atoms with Crippen molar-refractivity contribution in [2.45, 2.75) is 219 Å². The van der Waals surface area contributed by atoms with E-state index in [1.54, 1.807) is 0 Å². The zero-order valence-corrected chi connectivity index (χ0v) is 30.4. The van der Waals surface area contributed by atoms with Crippen LogP contribution < -0.4 is 6.15 Å². The molecule has 0 amide bonds. The summed E-state index contributed by atoms with van der Waals surface area (Å²) in [6, 6.07) is 0. The van der Waals surface area contributed by atoms with Crippen LogP contribution in [-0.2, 0) is 0 Å². The van der Waals surface area contributed by atoms with Crippen molar-refractivity contribution in [3.63, 3.8) is 0 Å². The molecule has 2 nitrogen and oxygen atoms in total. The summed E-state index contributed by atoms with van der Waals surface area (Å²) in [5.41, 5.74) is 0. The highest BCUT2D eigenvalue weighted by molar-refractivity contribution is 5.85. The smallest absolute Gasteiger partial charge is 0.0782 e. The van der Waals surface area contributed by atoms with Crippen molar-refractivity contribution in [2.24, 2.45) is 0 Å². The molecule has 0 fully saturated rings. The standard InChI is InChI=1S/C38H80N.ClH.H3N/c1-5-7-9-11-13-15-17-19-21-23-25-27-29-31-33-35-37-39(3,4)38-36-34-32-30-28-26-24-22-20-18-16-14-12-10-8-6-2;;/h5-38H2,1-4H3;1H;1H3/q+1;;. The molecule has 41 heavy (non-hydrogen) atoms. The van der Waals surface area contributed by atoms with Crippen molar-refractivity contribution in [3.8, 4) is 0 Å². The van der Waals surface area contributed by atoms with Gasteiger partial charge in [-0.3, -0.25) is 0 Å². The predicted octanol–water partition coefficient (Wildman–Crippen LogP) is 14.2. The first-order chi connectivity index (χ1) is 19.1. The van der Waals surface area contributed by atoms with E-state index >= 15 is 0 Å². The van der Waals surface area contributed by atoms with Crippen LogP contribution in [0.5, 0.6) is 0 Å². The summed E-state index contributed by atoms with van der Waals surface area (Å²) in [7, 11) is 4.94. The van der Waals surface area contributed by atoms with E-state index in [2.05, 4.69) is 27.9 Å². The van der Waals surface area contributed by atoms with Gasteiger partial charge in [0.05, 0.1) is 27.2 Å². The average Bonchev–Trinajstić information content (AvgIpc) is 2.92. The Balaban J connectivity index is -0.00000722. The lowest BCUT2D eigenvalue weighted by molar-refractivity contribution is -0.890. The summed E-state index contributed by atoms with van der Waals surface area (Å²) in [6.45, 7) is 7.39. The third-order valence-electron chi connectivity index (χ3n) is 9.23. The van der Waals surface area contributed by atoms with Crippen LogP contribution in [0, 0.1) is 0 Å². The normalized spacial score (nSPS) is 11.4. The number of hydrogen-bond donors (Lipinski definition) is 1. The van der Waals surface area contributed by atoms with Gasteiger partial charge in [0.1, 0.15) is 0 Å². The minimum atomic E-state index is 0. The minimum Gasteiger partial charge on any atom is -0.344 e. The molecule has 0 aliphatic carbocycles. The molecule has 0 bridgehead atoms. The maximum absolute atomic E-state index is 2.47. The Morgan fingerprint density at radius 2 is 0.415 bits per heavy atom. The van der Waals surface area contributed by atoms with Gasteiger partial charge < -0.3 is 10.6 Å². The molecule has 0 unspecified atom stereocenters. The van der Waals surface area contributed by atoms with Crippen molar-refractivity contribution in [3.05, 3.63) is 0 Å². The highest BCUT2D eigenvalue weighted by Crippen LogP contribution is 2.16. The zero-order valence-electron chi connectivity index (χ0n) is 29.6. The Bertz CT molecular complexity index is 402.